The van der Waals surface area contributed by atoms with Gasteiger partial charge in [0.1, 0.15) is 11.6 Å². The van der Waals surface area contributed by atoms with Crippen molar-refractivity contribution in [2.24, 2.45) is 0 Å². The zero-order chi connectivity index (χ0) is 20.6. The van der Waals surface area contributed by atoms with Crippen LogP contribution in [0.25, 0.3) is 0 Å². The number of carbonyl (C=O) groups excluding carboxylic acids is 1. The molecule has 4 N–H and O–H groups in total. The molecule has 152 valence electrons. The highest BCUT2D eigenvalue weighted by Gasteiger charge is 2.21. The summed E-state index contributed by atoms with van der Waals surface area (Å²) in [5.41, 5.74) is 2.10. The molecule has 1 fully saturated rings. The second-order valence-corrected chi connectivity index (χ2v) is 7.32. The minimum Gasteiger partial charge on any atom is -0.395 e. The minimum atomic E-state index is -0.549. The molecule has 1 amide bonds. The number of anilines is 1. The largest absolute Gasteiger partial charge is 0.395 e. The number of aliphatic hydroxyl groups excluding tert-OH is 1. The quantitative estimate of drug-likeness (QED) is 0.539. The van der Waals surface area contributed by atoms with Crippen molar-refractivity contribution in [1.82, 2.24) is 10.3 Å². The average Bonchev–Trinajstić information content (AvgIpc) is 2.75. The third kappa shape index (κ3) is 5.11. The van der Waals surface area contributed by atoms with Crippen molar-refractivity contribution in [2.75, 3.05) is 18.5 Å². The average molecular weight is 394 g/mol. The number of rotatable bonds is 7. The molecule has 3 rings (SSSR count). The monoisotopic (exact) mass is 394 g/mol. The van der Waals surface area contributed by atoms with Gasteiger partial charge in [0.15, 0.2) is 0 Å². The number of benzene rings is 1. The van der Waals surface area contributed by atoms with Crippen molar-refractivity contribution in [3.63, 3.8) is 0 Å². The highest BCUT2D eigenvalue weighted by atomic mass is 16.3. The first kappa shape index (κ1) is 20.8. The summed E-state index contributed by atoms with van der Waals surface area (Å²) in [6, 6.07) is 9.28. The van der Waals surface area contributed by atoms with Gasteiger partial charge >= 0.3 is 0 Å². The van der Waals surface area contributed by atoms with Crippen LogP contribution >= 0.6 is 0 Å². The number of nitrogens with one attached hydrogen (secondary N) is 3. The van der Waals surface area contributed by atoms with Gasteiger partial charge in [0.25, 0.3) is 11.5 Å². The molecule has 0 spiro atoms. The molecule has 1 aromatic carbocycles. The first-order valence-corrected chi connectivity index (χ1v) is 10.0. The predicted octanol–water partition coefficient (Wildman–Crippen LogP) is 2.63. The van der Waals surface area contributed by atoms with Gasteiger partial charge in [-0.25, -0.2) is 0 Å². The molecular formula is C22H26N4O3. The second kappa shape index (κ2) is 10.0. The van der Waals surface area contributed by atoms with Crippen LogP contribution in [0.5, 0.6) is 0 Å². The van der Waals surface area contributed by atoms with Gasteiger partial charge in [-0.3, -0.25) is 9.59 Å². The fourth-order valence-electron chi connectivity index (χ4n) is 3.85. The molecule has 7 heteroatoms. The first-order valence-electron chi connectivity index (χ1n) is 10.0. The van der Waals surface area contributed by atoms with Gasteiger partial charge in [-0.15, -0.1) is 0 Å². The van der Waals surface area contributed by atoms with Crippen LogP contribution in [0.4, 0.5) is 5.69 Å². The number of nitriles is 1. The van der Waals surface area contributed by atoms with E-state index in [0.29, 0.717) is 30.3 Å². The summed E-state index contributed by atoms with van der Waals surface area (Å²) >= 11 is 0. The molecule has 0 bridgehead atoms. The van der Waals surface area contributed by atoms with Gasteiger partial charge in [0, 0.05) is 19.3 Å². The molecule has 0 atom stereocenters. The Kier molecular flexibility index (Phi) is 7.17. The van der Waals surface area contributed by atoms with Gasteiger partial charge in [-0.05, 0) is 42.0 Å². The zero-order valence-electron chi connectivity index (χ0n) is 16.3. The normalized spacial score (nSPS) is 14.3. The number of aliphatic hydroxyl groups is 1. The standard InChI is InChI=1S/C22H26N4O3/c23-12-19-17(16-5-2-1-3-6-16)7-4-8-20(19)26-22(29)18-11-15(13-24-9-10-27)14-25-21(18)28/h4,7-8,11,14,16,24,27H,1-3,5-6,9-10,13H2,(H,25,28)(H,26,29). The molecule has 29 heavy (non-hydrogen) atoms. The lowest BCUT2D eigenvalue weighted by Crippen LogP contribution is -2.25. The molecule has 1 aromatic heterocycles. The summed E-state index contributed by atoms with van der Waals surface area (Å²) in [6.07, 6.45) is 7.16. The van der Waals surface area contributed by atoms with Crippen molar-refractivity contribution in [3.05, 3.63) is 63.1 Å². The number of hydrogen-bond acceptors (Lipinski definition) is 5. The Morgan fingerprint density at radius 2 is 2.07 bits per heavy atom. The lowest BCUT2D eigenvalue weighted by atomic mass is 9.82. The smallest absolute Gasteiger partial charge is 0.261 e. The van der Waals surface area contributed by atoms with E-state index in [1.54, 1.807) is 6.07 Å². The number of aromatic nitrogens is 1. The number of hydrogen-bond donors (Lipinski definition) is 4. The van der Waals surface area contributed by atoms with E-state index in [1.807, 2.05) is 12.1 Å². The molecule has 0 radical (unpaired) electrons. The van der Waals surface area contributed by atoms with Gasteiger partial charge in [0.05, 0.1) is 17.9 Å². The Hall–Kier alpha value is -2.95. The van der Waals surface area contributed by atoms with Gasteiger partial charge in [-0.2, -0.15) is 5.26 Å². The Morgan fingerprint density at radius 3 is 2.79 bits per heavy atom. The third-order valence-corrected chi connectivity index (χ3v) is 5.33. The maximum atomic E-state index is 12.8. The molecule has 0 saturated heterocycles. The maximum absolute atomic E-state index is 12.8. The van der Waals surface area contributed by atoms with Gasteiger partial charge < -0.3 is 20.7 Å². The number of aromatic amines is 1. The number of carbonyl (C=O) groups is 1. The van der Waals surface area contributed by atoms with Crippen LogP contribution in [0.15, 0.2) is 35.3 Å². The van der Waals surface area contributed by atoms with Gasteiger partial charge in [0.2, 0.25) is 0 Å². The molecule has 1 aliphatic carbocycles. The summed E-state index contributed by atoms with van der Waals surface area (Å²) in [5, 5.41) is 24.3. The summed E-state index contributed by atoms with van der Waals surface area (Å²) < 4.78 is 0. The second-order valence-electron chi connectivity index (χ2n) is 7.32. The fraction of sp³-hybridized carbons (Fsp3) is 0.409. The van der Waals surface area contributed by atoms with Gasteiger partial charge in [-0.1, -0.05) is 31.4 Å². The van der Waals surface area contributed by atoms with E-state index in [4.69, 9.17) is 5.11 Å². The Morgan fingerprint density at radius 1 is 1.28 bits per heavy atom. The molecule has 1 heterocycles. The Balaban J connectivity index is 1.83. The van der Waals surface area contributed by atoms with E-state index in [2.05, 4.69) is 21.7 Å². The van der Waals surface area contributed by atoms with E-state index in [1.165, 1.54) is 18.7 Å². The Labute approximate surface area is 169 Å². The number of pyridine rings is 1. The van der Waals surface area contributed by atoms with E-state index >= 15 is 0 Å². The van der Waals surface area contributed by atoms with E-state index < -0.39 is 11.5 Å². The van der Waals surface area contributed by atoms with Crippen molar-refractivity contribution < 1.29 is 9.90 Å². The van der Waals surface area contributed by atoms with E-state index in [9.17, 15) is 14.9 Å². The highest BCUT2D eigenvalue weighted by Crippen LogP contribution is 2.36. The summed E-state index contributed by atoms with van der Waals surface area (Å²) in [4.78, 5) is 27.5. The summed E-state index contributed by atoms with van der Waals surface area (Å²) in [6.45, 7) is 0.837. The minimum absolute atomic E-state index is 0.00493. The fourth-order valence-corrected chi connectivity index (χ4v) is 3.85. The lowest BCUT2D eigenvalue weighted by Gasteiger charge is -2.23. The van der Waals surface area contributed by atoms with Crippen LogP contribution in [0.2, 0.25) is 0 Å². The molecule has 0 unspecified atom stereocenters. The van der Waals surface area contributed by atoms with Crippen LogP contribution in [-0.2, 0) is 6.54 Å². The van der Waals surface area contributed by atoms with Crippen LogP contribution in [0, 0.1) is 11.3 Å². The van der Waals surface area contributed by atoms with Crippen LogP contribution < -0.4 is 16.2 Å². The SMILES string of the molecule is N#Cc1c(NC(=O)c2cc(CNCCO)c[nH]c2=O)cccc1C1CCCCC1. The predicted molar refractivity (Wildman–Crippen MR) is 111 cm³/mol. The van der Waals surface area contributed by atoms with Crippen molar-refractivity contribution >= 4 is 11.6 Å². The lowest BCUT2D eigenvalue weighted by molar-refractivity contribution is 0.102. The third-order valence-electron chi connectivity index (χ3n) is 5.33. The molecule has 1 aliphatic rings. The van der Waals surface area contributed by atoms with Crippen molar-refractivity contribution in [3.8, 4) is 6.07 Å². The highest BCUT2D eigenvalue weighted by molar-refractivity contribution is 6.04. The van der Waals surface area contributed by atoms with E-state index in [-0.39, 0.29) is 12.2 Å². The molecular weight excluding hydrogens is 368 g/mol. The van der Waals surface area contributed by atoms with Crippen molar-refractivity contribution in [1.29, 1.82) is 5.26 Å². The topological polar surface area (TPSA) is 118 Å². The van der Waals surface area contributed by atoms with Crippen LogP contribution in [0.3, 0.4) is 0 Å². The number of H-pyrrole nitrogens is 1. The van der Waals surface area contributed by atoms with Crippen LogP contribution in [0.1, 0.15) is 65.1 Å². The summed E-state index contributed by atoms with van der Waals surface area (Å²) in [5.74, 6) is -0.216. The number of amides is 1. The molecule has 0 aliphatic heterocycles. The number of nitrogens with zero attached hydrogens (tertiary/aromatic N) is 1. The Bertz CT molecular complexity index is 955. The van der Waals surface area contributed by atoms with E-state index in [0.717, 1.165) is 36.8 Å². The first-order chi connectivity index (χ1) is 14.1. The molecule has 7 nitrogen and oxygen atoms in total. The molecule has 1 saturated carbocycles. The maximum Gasteiger partial charge on any atom is 0.261 e. The molecule has 2 aromatic rings. The van der Waals surface area contributed by atoms with Crippen LogP contribution in [-0.4, -0.2) is 29.1 Å². The zero-order valence-corrected chi connectivity index (χ0v) is 16.3. The van der Waals surface area contributed by atoms with Crippen molar-refractivity contribution in [2.45, 2.75) is 44.6 Å². The summed E-state index contributed by atoms with van der Waals surface area (Å²) in [7, 11) is 0.